The van der Waals surface area contributed by atoms with Gasteiger partial charge in [0.2, 0.25) is 5.91 Å². The van der Waals surface area contributed by atoms with Gasteiger partial charge in [0, 0.05) is 6.42 Å². The van der Waals surface area contributed by atoms with E-state index in [2.05, 4.69) is 31.3 Å². The van der Waals surface area contributed by atoms with Crippen molar-refractivity contribution in [1.29, 1.82) is 0 Å². The molecule has 0 bridgehead atoms. The maximum atomic E-state index is 12.3. The third-order valence-electron chi connectivity index (χ3n) is 8.69. The summed E-state index contributed by atoms with van der Waals surface area (Å²) in [6.07, 6.45) is 44.1. The van der Waals surface area contributed by atoms with E-state index in [0.29, 0.717) is 6.42 Å². The molecule has 254 valence electrons. The van der Waals surface area contributed by atoms with Gasteiger partial charge in [-0.1, -0.05) is 186 Å². The highest BCUT2D eigenvalue weighted by Crippen LogP contribution is 2.15. The smallest absolute Gasteiger partial charge is 0.220 e. The number of unbranched alkanes of at least 4 members (excludes halogenated alkanes) is 25. The molecule has 43 heavy (non-hydrogen) atoms. The number of rotatable bonds is 34. The Morgan fingerprint density at radius 1 is 0.535 bits per heavy atom. The molecular weight excluding hydrogens is 530 g/mol. The first kappa shape index (κ1) is 41.9. The molecule has 0 aliphatic heterocycles. The molecule has 0 radical (unpaired) electrons. The van der Waals surface area contributed by atoms with Gasteiger partial charge in [-0.25, -0.2) is 0 Å². The Bertz CT molecular complexity index is 618. The van der Waals surface area contributed by atoms with E-state index in [9.17, 15) is 15.0 Å². The maximum Gasteiger partial charge on any atom is 0.220 e. The molecule has 0 saturated carbocycles. The number of amides is 1. The zero-order chi connectivity index (χ0) is 31.5. The average Bonchev–Trinajstić information content (AvgIpc) is 3.01. The van der Waals surface area contributed by atoms with Crippen molar-refractivity contribution in [3.63, 3.8) is 0 Å². The lowest BCUT2D eigenvalue weighted by molar-refractivity contribution is -0.123. The number of aliphatic hydroxyl groups excluding tert-OH is 2. The molecule has 0 aliphatic rings. The van der Waals surface area contributed by atoms with Gasteiger partial charge in [-0.15, -0.1) is 0 Å². The monoisotopic (exact) mass is 606 g/mol. The summed E-state index contributed by atoms with van der Waals surface area (Å²) >= 11 is 0. The number of hydrogen-bond acceptors (Lipinski definition) is 3. The summed E-state index contributed by atoms with van der Waals surface area (Å²) in [6, 6.07) is -0.632. The summed E-state index contributed by atoms with van der Waals surface area (Å²) in [5, 5.41) is 22.8. The van der Waals surface area contributed by atoms with Gasteiger partial charge in [0.25, 0.3) is 0 Å². The Hall–Kier alpha value is -1.13. The molecule has 4 heteroatoms. The molecular formula is C39H75NO3. The normalized spacial score (nSPS) is 13.3. The Balaban J connectivity index is 3.58. The highest BCUT2D eigenvalue weighted by molar-refractivity contribution is 5.76. The third kappa shape index (κ3) is 32.1. The first-order valence-corrected chi connectivity index (χ1v) is 19.1. The molecule has 0 unspecified atom stereocenters. The van der Waals surface area contributed by atoms with E-state index < -0.39 is 12.1 Å². The van der Waals surface area contributed by atoms with Crippen molar-refractivity contribution < 1.29 is 15.0 Å². The Morgan fingerprint density at radius 3 is 1.35 bits per heavy atom. The second-order valence-electron chi connectivity index (χ2n) is 13.0. The van der Waals surface area contributed by atoms with Gasteiger partial charge in [-0.3, -0.25) is 4.79 Å². The van der Waals surface area contributed by atoms with Gasteiger partial charge in [-0.05, 0) is 32.1 Å². The number of carbonyl (C=O) groups excluding carboxylic acids is 1. The molecule has 0 heterocycles. The van der Waals surface area contributed by atoms with Crippen LogP contribution in [0.4, 0.5) is 0 Å². The van der Waals surface area contributed by atoms with Gasteiger partial charge in [0.1, 0.15) is 0 Å². The fraction of sp³-hybridized carbons (Fsp3) is 0.872. The standard InChI is InChI=1S/C39H75NO3/c1-3-5-7-9-11-13-15-17-18-19-20-21-22-23-25-27-29-31-33-35-39(43)40-37(36-41)38(42)34-32-30-28-26-24-16-14-12-10-8-6-4-2/h24,26,32,34,37-38,41-42H,3-23,25,27-31,33,35-36H2,1-2H3,(H,40,43)/b26-24+,34-32+/t37-,38+/m0/s1. The zero-order valence-corrected chi connectivity index (χ0v) is 29.0. The van der Waals surface area contributed by atoms with Crippen LogP contribution in [0.25, 0.3) is 0 Å². The summed E-state index contributed by atoms with van der Waals surface area (Å²) in [7, 11) is 0. The number of aliphatic hydroxyl groups is 2. The molecule has 3 N–H and O–H groups in total. The van der Waals surface area contributed by atoms with E-state index in [0.717, 1.165) is 32.1 Å². The molecule has 0 aromatic heterocycles. The van der Waals surface area contributed by atoms with E-state index in [1.54, 1.807) is 6.08 Å². The topological polar surface area (TPSA) is 69.6 Å². The minimum Gasteiger partial charge on any atom is -0.394 e. The first-order valence-electron chi connectivity index (χ1n) is 19.1. The van der Waals surface area contributed by atoms with E-state index in [-0.39, 0.29) is 12.5 Å². The van der Waals surface area contributed by atoms with E-state index in [1.807, 2.05) is 6.08 Å². The van der Waals surface area contributed by atoms with Gasteiger partial charge >= 0.3 is 0 Å². The quantitative estimate of drug-likeness (QED) is 0.0505. The molecule has 2 atom stereocenters. The lowest BCUT2D eigenvalue weighted by Gasteiger charge is -2.19. The molecule has 0 aromatic rings. The number of allylic oxidation sites excluding steroid dienone is 3. The molecule has 0 saturated heterocycles. The molecule has 1 amide bonds. The molecule has 0 aliphatic carbocycles. The molecule has 4 nitrogen and oxygen atoms in total. The largest absolute Gasteiger partial charge is 0.394 e. The summed E-state index contributed by atoms with van der Waals surface area (Å²) in [5.41, 5.74) is 0. The van der Waals surface area contributed by atoms with Crippen molar-refractivity contribution >= 4 is 5.91 Å². The van der Waals surface area contributed by atoms with Crippen LogP contribution in [0.1, 0.15) is 200 Å². The number of nitrogens with one attached hydrogen (secondary N) is 1. The molecule has 0 rings (SSSR count). The van der Waals surface area contributed by atoms with Gasteiger partial charge in [0.05, 0.1) is 18.8 Å². The number of hydrogen-bond donors (Lipinski definition) is 3. The van der Waals surface area contributed by atoms with Crippen LogP contribution in [-0.2, 0) is 4.79 Å². The summed E-state index contributed by atoms with van der Waals surface area (Å²) in [5.74, 6) is -0.0731. The predicted molar refractivity (Wildman–Crippen MR) is 189 cm³/mol. The predicted octanol–water partition coefficient (Wildman–Crippen LogP) is 11.3. The molecule has 0 spiro atoms. The average molecular weight is 606 g/mol. The van der Waals surface area contributed by atoms with E-state index >= 15 is 0 Å². The minimum atomic E-state index is -0.855. The first-order chi connectivity index (χ1) is 21.2. The van der Waals surface area contributed by atoms with Crippen molar-refractivity contribution in [3.8, 4) is 0 Å². The lowest BCUT2D eigenvalue weighted by atomic mass is 10.0. The van der Waals surface area contributed by atoms with Crippen LogP contribution in [0.3, 0.4) is 0 Å². The minimum absolute atomic E-state index is 0.0731. The van der Waals surface area contributed by atoms with Crippen LogP contribution in [0.5, 0.6) is 0 Å². The number of carbonyl (C=O) groups is 1. The Labute approximate surface area is 269 Å². The fourth-order valence-electron chi connectivity index (χ4n) is 5.72. The maximum absolute atomic E-state index is 12.3. The van der Waals surface area contributed by atoms with Crippen molar-refractivity contribution in [3.05, 3.63) is 24.3 Å². The highest BCUT2D eigenvalue weighted by Gasteiger charge is 2.17. The molecule has 0 fully saturated rings. The summed E-state index contributed by atoms with van der Waals surface area (Å²) < 4.78 is 0. The Kier molecular flexibility index (Phi) is 34.4. The van der Waals surface area contributed by atoms with Crippen LogP contribution < -0.4 is 5.32 Å². The van der Waals surface area contributed by atoms with Crippen molar-refractivity contribution in [2.75, 3.05) is 6.61 Å². The van der Waals surface area contributed by atoms with Gasteiger partial charge < -0.3 is 15.5 Å². The lowest BCUT2D eigenvalue weighted by Crippen LogP contribution is -2.45. The van der Waals surface area contributed by atoms with E-state index in [1.165, 1.54) is 148 Å². The van der Waals surface area contributed by atoms with Gasteiger partial charge in [-0.2, -0.15) is 0 Å². The fourth-order valence-corrected chi connectivity index (χ4v) is 5.72. The van der Waals surface area contributed by atoms with Crippen LogP contribution in [0, 0.1) is 0 Å². The van der Waals surface area contributed by atoms with E-state index in [4.69, 9.17) is 0 Å². The van der Waals surface area contributed by atoms with Crippen molar-refractivity contribution in [2.24, 2.45) is 0 Å². The van der Waals surface area contributed by atoms with Gasteiger partial charge in [0.15, 0.2) is 0 Å². The van der Waals surface area contributed by atoms with Crippen molar-refractivity contribution in [2.45, 2.75) is 212 Å². The highest BCUT2D eigenvalue weighted by atomic mass is 16.3. The molecule has 0 aromatic carbocycles. The summed E-state index contributed by atoms with van der Waals surface area (Å²) in [4.78, 5) is 12.3. The van der Waals surface area contributed by atoms with Crippen LogP contribution >= 0.6 is 0 Å². The Morgan fingerprint density at radius 2 is 0.907 bits per heavy atom. The van der Waals surface area contributed by atoms with Crippen LogP contribution in [0.2, 0.25) is 0 Å². The third-order valence-corrected chi connectivity index (χ3v) is 8.69. The second kappa shape index (κ2) is 35.4. The van der Waals surface area contributed by atoms with Crippen LogP contribution in [0.15, 0.2) is 24.3 Å². The van der Waals surface area contributed by atoms with Crippen LogP contribution in [-0.4, -0.2) is 34.9 Å². The second-order valence-corrected chi connectivity index (χ2v) is 13.0. The van der Waals surface area contributed by atoms with Crippen molar-refractivity contribution in [1.82, 2.24) is 5.32 Å². The summed E-state index contributed by atoms with van der Waals surface area (Å²) in [6.45, 7) is 4.28. The zero-order valence-electron chi connectivity index (χ0n) is 29.0. The SMILES string of the molecule is CCCCCCCC/C=C/CC/C=C/[C@@H](O)[C@H](CO)NC(=O)CCCCCCCCCCCCCCCCCCCCC.